The standard InChI is InChI=1S/C11H12Cl2FN3O2S/c1-11(20-9(12)13)15-10(18)17(14)16(11)7-3-5-8(19-2)6-4-7/h3-6,9H,1-2H3,(H,15,18). The number of rotatable bonds is 4. The maximum absolute atomic E-state index is 14.0. The largest absolute Gasteiger partial charge is 0.497 e. The summed E-state index contributed by atoms with van der Waals surface area (Å²) in [5, 5.41) is 3.62. The predicted octanol–water partition coefficient (Wildman–Crippen LogP) is 3.49. The first-order chi connectivity index (χ1) is 9.37. The molecule has 1 saturated heterocycles. The maximum Gasteiger partial charge on any atom is 0.368 e. The number of hydrogen-bond acceptors (Lipinski definition) is 4. The lowest BCUT2D eigenvalue weighted by molar-refractivity contribution is 0.0721. The van der Waals surface area contributed by atoms with Crippen molar-refractivity contribution in [3.8, 4) is 5.75 Å². The van der Waals surface area contributed by atoms with E-state index in [0.717, 1.165) is 16.8 Å². The second-order valence-corrected chi connectivity index (χ2v) is 7.18. The molecule has 0 spiro atoms. The molecule has 0 bridgehead atoms. The summed E-state index contributed by atoms with van der Waals surface area (Å²) in [7, 11) is 1.53. The number of carbonyl (C=O) groups excluding carboxylic acids is 1. The number of methoxy groups -OCH3 is 1. The van der Waals surface area contributed by atoms with Crippen LogP contribution in [0.4, 0.5) is 15.0 Å². The highest BCUT2D eigenvalue weighted by Crippen LogP contribution is 2.41. The summed E-state index contributed by atoms with van der Waals surface area (Å²) in [6.45, 7) is 1.61. The van der Waals surface area contributed by atoms with Gasteiger partial charge in [0.1, 0.15) is 5.75 Å². The quantitative estimate of drug-likeness (QED) is 0.673. The van der Waals surface area contributed by atoms with E-state index < -0.39 is 15.2 Å². The summed E-state index contributed by atoms with van der Waals surface area (Å²) in [6, 6.07) is 5.69. The van der Waals surface area contributed by atoms with Crippen molar-refractivity contribution in [2.75, 3.05) is 12.1 Å². The minimum atomic E-state index is -1.13. The van der Waals surface area contributed by atoms with Crippen molar-refractivity contribution in [2.45, 2.75) is 16.1 Å². The minimum Gasteiger partial charge on any atom is -0.497 e. The van der Waals surface area contributed by atoms with E-state index in [4.69, 9.17) is 27.9 Å². The van der Waals surface area contributed by atoms with Gasteiger partial charge in [0.2, 0.25) is 0 Å². The molecule has 1 fully saturated rings. The highest BCUT2D eigenvalue weighted by atomic mass is 35.5. The smallest absolute Gasteiger partial charge is 0.368 e. The van der Waals surface area contributed by atoms with Crippen LogP contribution in [-0.2, 0) is 0 Å². The molecule has 0 saturated carbocycles. The van der Waals surface area contributed by atoms with Crippen molar-refractivity contribution in [3.63, 3.8) is 0 Å². The zero-order chi connectivity index (χ0) is 14.9. The van der Waals surface area contributed by atoms with Crippen molar-refractivity contribution in [1.82, 2.24) is 10.5 Å². The Bertz CT molecular complexity index is 505. The monoisotopic (exact) mass is 339 g/mol. The molecule has 0 radical (unpaired) electrons. The first kappa shape index (κ1) is 15.3. The molecule has 1 aliphatic rings. The molecule has 1 unspecified atom stereocenters. The number of amides is 2. The number of nitrogens with zero attached hydrogens (tertiary/aromatic N) is 2. The number of halogens is 3. The van der Waals surface area contributed by atoms with Gasteiger partial charge >= 0.3 is 6.03 Å². The van der Waals surface area contributed by atoms with E-state index in [2.05, 4.69) is 5.32 Å². The lowest BCUT2D eigenvalue weighted by atomic mass is 10.3. The Morgan fingerprint density at radius 2 is 2.00 bits per heavy atom. The molecule has 0 aromatic heterocycles. The van der Waals surface area contributed by atoms with E-state index in [9.17, 15) is 9.28 Å². The van der Waals surface area contributed by atoms with Gasteiger partial charge in [-0.1, -0.05) is 44.7 Å². The van der Waals surface area contributed by atoms with Gasteiger partial charge in [-0.3, -0.25) is 0 Å². The van der Waals surface area contributed by atoms with Crippen molar-refractivity contribution in [2.24, 2.45) is 0 Å². The Morgan fingerprint density at radius 1 is 1.40 bits per heavy atom. The molecule has 1 N–H and O–H groups in total. The SMILES string of the molecule is COc1ccc(N2N(F)C(=O)NC2(C)SC(Cl)Cl)cc1. The number of alkyl halides is 2. The normalized spacial score (nSPS) is 22.4. The van der Waals surface area contributed by atoms with E-state index in [1.54, 1.807) is 31.2 Å². The Hall–Kier alpha value is -1.05. The lowest BCUT2D eigenvalue weighted by Gasteiger charge is -2.34. The summed E-state index contributed by atoms with van der Waals surface area (Å²) >= 11 is 12.5. The van der Waals surface area contributed by atoms with Crippen molar-refractivity contribution >= 4 is 46.7 Å². The van der Waals surface area contributed by atoms with Gasteiger partial charge in [-0.15, -0.1) is 0 Å². The van der Waals surface area contributed by atoms with E-state index in [1.165, 1.54) is 7.11 Å². The van der Waals surface area contributed by atoms with Crippen LogP contribution in [0.3, 0.4) is 0 Å². The number of hydrazine groups is 1. The molecule has 2 amide bonds. The van der Waals surface area contributed by atoms with Gasteiger partial charge in [-0.2, -0.15) is 0 Å². The van der Waals surface area contributed by atoms with Crippen LogP contribution < -0.4 is 15.1 Å². The molecular formula is C11H12Cl2FN3O2S. The molecule has 9 heteroatoms. The van der Waals surface area contributed by atoms with Crippen LogP contribution in [-0.4, -0.2) is 27.5 Å². The molecule has 1 atom stereocenters. The second kappa shape index (κ2) is 5.75. The number of hydrogen-bond donors (Lipinski definition) is 1. The van der Waals surface area contributed by atoms with Gasteiger partial charge in [0, 0.05) is 0 Å². The molecule has 110 valence electrons. The number of thioether (sulfide) groups is 1. The second-order valence-electron chi connectivity index (χ2n) is 4.06. The van der Waals surface area contributed by atoms with E-state index in [1.807, 2.05) is 0 Å². The van der Waals surface area contributed by atoms with Crippen LogP contribution in [0.1, 0.15) is 6.92 Å². The number of carbonyl (C=O) groups is 1. The van der Waals surface area contributed by atoms with Crippen molar-refractivity contribution in [1.29, 1.82) is 0 Å². The fourth-order valence-electron chi connectivity index (χ4n) is 1.88. The summed E-state index contributed by atoms with van der Waals surface area (Å²) in [5.74, 6) is 0.625. The van der Waals surface area contributed by atoms with Crippen LogP contribution in [0, 0.1) is 0 Å². The van der Waals surface area contributed by atoms with Crippen LogP contribution in [0.5, 0.6) is 5.75 Å². The fraction of sp³-hybridized carbons (Fsp3) is 0.364. The van der Waals surface area contributed by atoms with E-state index in [0.29, 0.717) is 11.4 Å². The summed E-state index contributed by atoms with van der Waals surface area (Å²) in [6.07, 6.45) is 0. The molecule has 1 aliphatic heterocycles. The first-order valence-corrected chi connectivity index (χ1v) is 7.31. The highest BCUT2D eigenvalue weighted by Gasteiger charge is 2.49. The summed E-state index contributed by atoms with van der Waals surface area (Å²) in [5.41, 5.74) is 0.454. The molecule has 5 nitrogen and oxygen atoms in total. The average molecular weight is 340 g/mol. The Labute approximate surface area is 129 Å². The van der Waals surface area contributed by atoms with E-state index >= 15 is 0 Å². The molecule has 2 rings (SSSR count). The predicted molar refractivity (Wildman–Crippen MR) is 78.4 cm³/mol. The number of anilines is 1. The summed E-state index contributed by atoms with van der Waals surface area (Å²) in [4.78, 5) is 10.4. The van der Waals surface area contributed by atoms with Crippen LogP contribution in [0.15, 0.2) is 24.3 Å². The third kappa shape index (κ3) is 2.84. The molecule has 20 heavy (non-hydrogen) atoms. The molecule has 0 aliphatic carbocycles. The Morgan fingerprint density at radius 3 is 2.50 bits per heavy atom. The van der Waals surface area contributed by atoms with Crippen molar-refractivity contribution < 1.29 is 14.0 Å². The number of benzene rings is 1. The molecule has 1 aromatic rings. The van der Waals surface area contributed by atoms with Crippen LogP contribution in [0.2, 0.25) is 0 Å². The lowest BCUT2D eigenvalue weighted by Crippen LogP contribution is -2.48. The highest BCUT2D eigenvalue weighted by molar-refractivity contribution is 8.03. The fourth-order valence-corrected chi connectivity index (χ4v) is 3.69. The number of ether oxygens (including phenoxy) is 1. The van der Waals surface area contributed by atoms with Gasteiger partial charge in [0.15, 0.2) is 9.16 Å². The van der Waals surface area contributed by atoms with Gasteiger partial charge < -0.3 is 10.1 Å². The number of urea groups is 1. The third-order valence-corrected chi connectivity index (χ3v) is 4.17. The zero-order valence-electron chi connectivity index (χ0n) is 10.6. The van der Waals surface area contributed by atoms with E-state index in [-0.39, 0.29) is 5.23 Å². The topological polar surface area (TPSA) is 44.8 Å². The third-order valence-electron chi connectivity index (χ3n) is 2.72. The summed E-state index contributed by atoms with van der Waals surface area (Å²) < 4.78 is 18.2. The van der Waals surface area contributed by atoms with Crippen molar-refractivity contribution in [3.05, 3.63) is 24.3 Å². The Balaban J connectivity index is 2.35. The van der Waals surface area contributed by atoms with Gasteiger partial charge in [-0.25, -0.2) is 9.80 Å². The maximum atomic E-state index is 14.0. The minimum absolute atomic E-state index is 0.00896. The van der Waals surface area contributed by atoms with Gasteiger partial charge in [-0.05, 0) is 31.2 Å². The van der Waals surface area contributed by atoms with Crippen LogP contribution in [0.25, 0.3) is 0 Å². The average Bonchev–Trinajstić information content (AvgIpc) is 2.59. The molecular weight excluding hydrogens is 328 g/mol. The zero-order valence-corrected chi connectivity index (χ0v) is 13.0. The van der Waals surface area contributed by atoms with Gasteiger partial charge in [0.05, 0.1) is 12.8 Å². The van der Waals surface area contributed by atoms with Gasteiger partial charge in [0.25, 0.3) is 0 Å². The molecule has 1 aromatic carbocycles. The molecule has 1 heterocycles. The first-order valence-electron chi connectivity index (χ1n) is 5.55. The van der Waals surface area contributed by atoms with Crippen LogP contribution >= 0.6 is 35.0 Å². The Kier molecular flexibility index (Phi) is 4.41. The number of nitrogens with one attached hydrogen (secondary N) is 1.